The molecule has 3 aromatic rings. The van der Waals surface area contributed by atoms with Crippen LogP contribution in [0.1, 0.15) is 11.1 Å². The molecular formula is C25H18Cl2N2O5. The van der Waals surface area contributed by atoms with E-state index in [1.165, 1.54) is 31.4 Å². The highest BCUT2D eigenvalue weighted by atomic mass is 35.5. The number of benzene rings is 3. The van der Waals surface area contributed by atoms with Crippen molar-refractivity contribution in [1.29, 1.82) is 0 Å². The van der Waals surface area contributed by atoms with Gasteiger partial charge in [-0.25, -0.2) is 9.69 Å². The minimum absolute atomic E-state index is 0.161. The molecule has 0 unspecified atom stereocenters. The summed E-state index contributed by atoms with van der Waals surface area (Å²) in [6.45, 7) is 0.262. The predicted molar refractivity (Wildman–Crippen MR) is 129 cm³/mol. The van der Waals surface area contributed by atoms with Crippen molar-refractivity contribution >= 4 is 52.8 Å². The third kappa shape index (κ3) is 4.90. The normalized spacial score (nSPS) is 14.9. The maximum Gasteiger partial charge on any atom is 0.335 e. The number of hydrogen-bond donors (Lipinski definition) is 1. The number of hydrogen-bond acceptors (Lipinski definition) is 5. The van der Waals surface area contributed by atoms with E-state index in [1.807, 2.05) is 30.3 Å². The van der Waals surface area contributed by atoms with Crippen LogP contribution in [0, 0.1) is 0 Å². The van der Waals surface area contributed by atoms with Gasteiger partial charge in [-0.15, -0.1) is 0 Å². The van der Waals surface area contributed by atoms with Crippen molar-refractivity contribution in [3.05, 3.63) is 93.5 Å². The maximum absolute atomic E-state index is 13.2. The van der Waals surface area contributed by atoms with Gasteiger partial charge in [-0.05, 0) is 42.0 Å². The first-order valence-electron chi connectivity index (χ1n) is 10.1. The number of urea groups is 1. The summed E-state index contributed by atoms with van der Waals surface area (Å²) in [7, 11) is 1.52. The molecule has 1 saturated heterocycles. The third-order valence-corrected chi connectivity index (χ3v) is 5.76. The first-order valence-corrected chi connectivity index (χ1v) is 10.8. The van der Waals surface area contributed by atoms with Crippen molar-refractivity contribution in [3.8, 4) is 11.5 Å². The Morgan fingerprint density at radius 2 is 1.71 bits per heavy atom. The summed E-state index contributed by atoms with van der Waals surface area (Å²) in [5, 5.41) is 2.61. The van der Waals surface area contributed by atoms with Crippen molar-refractivity contribution in [2.24, 2.45) is 0 Å². The van der Waals surface area contributed by atoms with Gasteiger partial charge in [0.05, 0.1) is 22.8 Å². The summed E-state index contributed by atoms with van der Waals surface area (Å²) in [6.07, 6.45) is 1.37. The van der Waals surface area contributed by atoms with E-state index in [9.17, 15) is 14.4 Å². The van der Waals surface area contributed by atoms with Gasteiger partial charge in [-0.1, -0.05) is 53.5 Å². The quantitative estimate of drug-likeness (QED) is 0.372. The highest BCUT2D eigenvalue weighted by Crippen LogP contribution is 2.31. The average Bonchev–Trinajstić information content (AvgIpc) is 2.83. The van der Waals surface area contributed by atoms with E-state index in [-0.39, 0.29) is 27.9 Å². The second-order valence-electron chi connectivity index (χ2n) is 7.23. The molecule has 7 nitrogen and oxygen atoms in total. The number of methoxy groups -OCH3 is 1. The first-order chi connectivity index (χ1) is 16.4. The first kappa shape index (κ1) is 23.4. The Labute approximate surface area is 205 Å². The molecule has 0 atom stereocenters. The molecule has 0 bridgehead atoms. The summed E-state index contributed by atoms with van der Waals surface area (Å²) in [4.78, 5) is 39.0. The van der Waals surface area contributed by atoms with Crippen molar-refractivity contribution in [1.82, 2.24) is 5.32 Å². The van der Waals surface area contributed by atoms with Crippen LogP contribution in [0.4, 0.5) is 10.5 Å². The van der Waals surface area contributed by atoms with Crippen molar-refractivity contribution < 1.29 is 23.9 Å². The zero-order valence-corrected chi connectivity index (χ0v) is 19.4. The van der Waals surface area contributed by atoms with Crippen molar-refractivity contribution in [2.75, 3.05) is 12.0 Å². The SMILES string of the molecule is COc1ccc(/C=C2\C(=O)NC(=O)N(c3ccc(Cl)c(Cl)c3)C2=O)c(OCc2ccccc2)c1. The Hall–Kier alpha value is -3.81. The highest BCUT2D eigenvalue weighted by Gasteiger charge is 2.37. The molecule has 4 amide bonds. The Bertz CT molecular complexity index is 1310. The lowest BCUT2D eigenvalue weighted by molar-refractivity contribution is -0.122. The molecule has 1 heterocycles. The van der Waals surface area contributed by atoms with Crippen LogP contribution in [0.3, 0.4) is 0 Å². The summed E-state index contributed by atoms with van der Waals surface area (Å²) < 4.78 is 11.2. The van der Waals surface area contributed by atoms with E-state index in [2.05, 4.69) is 5.32 Å². The fourth-order valence-electron chi connectivity index (χ4n) is 3.29. The lowest BCUT2D eigenvalue weighted by Gasteiger charge is -2.26. The topological polar surface area (TPSA) is 84.9 Å². The molecule has 0 spiro atoms. The molecule has 34 heavy (non-hydrogen) atoms. The molecule has 0 aromatic heterocycles. The van der Waals surface area contributed by atoms with Gasteiger partial charge < -0.3 is 9.47 Å². The van der Waals surface area contributed by atoms with E-state index in [4.69, 9.17) is 32.7 Å². The molecule has 1 aliphatic rings. The molecule has 1 fully saturated rings. The summed E-state index contributed by atoms with van der Waals surface area (Å²) in [5.74, 6) is -0.695. The fourth-order valence-corrected chi connectivity index (χ4v) is 3.59. The van der Waals surface area contributed by atoms with Crippen LogP contribution in [0.25, 0.3) is 6.08 Å². The number of nitrogens with zero attached hydrogens (tertiary/aromatic N) is 1. The molecular weight excluding hydrogens is 479 g/mol. The monoisotopic (exact) mass is 496 g/mol. The number of halogens is 2. The molecule has 1 aliphatic heterocycles. The number of anilines is 1. The molecule has 0 aliphatic carbocycles. The van der Waals surface area contributed by atoms with Gasteiger partial charge in [0, 0.05) is 11.6 Å². The van der Waals surface area contributed by atoms with Crippen LogP contribution in [-0.4, -0.2) is 25.0 Å². The van der Waals surface area contributed by atoms with Crippen LogP contribution in [0.15, 0.2) is 72.3 Å². The summed E-state index contributed by atoms with van der Waals surface area (Å²) >= 11 is 12.0. The number of ether oxygens (including phenoxy) is 2. The van der Waals surface area contributed by atoms with Gasteiger partial charge in [0.15, 0.2) is 0 Å². The smallest absolute Gasteiger partial charge is 0.335 e. The molecule has 0 saturated carbocycles. The predicted octanol–water partition coefficient (Wildman–Crippen LogP) is 5.25. The number of nitrogens with one attached hydrogen (secondary N) is 1. The number of amides is 4. The number of rotatable bonds is 6. The Balaban J connectivity index is 1.70. The second kappa shape index (κ2) is 9.99. The van der Waals surface area contributed by atoms with Crippen LogP contribution < -0.4 is 19.7 Å². The molecule has 3 aromatic carbocycles. The standard InChI is InChI=1S/C25H18Cl2N2O5/c1-33-18-9-7-16(22(13-18)34-14-15-5-3-2-4-6-15)11-19-23(30)28-25(32)29(24(19)31)17-8-10-20(26)21(27)12-17/h2-13H,14H2,1H3,(H,28,30,32)/b19-11+. The van der Waals surface area contributed by atoms with Gasteiger partial charge in [-0.2, -0.15) is 0 Å². The molecule has 9 heteroatoms. The lowest BCUT2D eigenvalue weighted by atomic mass is 10.1. The van der Waals surface area contributed by atoms with Crippen molar-refractivity contribution in [3.63, 3.8) is 0 Å². The highest BCUT2D eigenvalue weighted by molar-refractivity contribution is 6.43. The molecule has 1 N–H and O–H groups in total. The largest absolute Gasteiger partial charge is 0.497 e. The van der Waals surface area contributed by atoms with Gasteiger partial charge in [0.25, 0.3) is 11.8 Å². The minimum Gasteiger partial charge on any atom is -0.497 e. The number of carbonyl (C=O) groups is 3. The minimum atomic E-state index is -0.888. The summed E-state index contributed by atoms with van der Waals surface area (Å²) in [5.41, 5.74) is 1.32. The van der Waals surface area contributed by atoms with E-state index in [0.29, 0.717) is 17.1 Å². The molecule has 0 radical (unpaired) electrons. The molecule has 172 valence electrons. The van der Waals surface area contributed by atoms with E-state index in [0.717, 1.165) is 10.5 Å². The van der Waals surface area contributed by atoms with Crippen LogP contribution >= 0.6 is 23.2 Å². The van der Waals surface area contributed by atoms with Crippen LogP contribution in [-0.2, 0) is 16.2 Å². The Morgan fingerprint density at radius 1 is 0.941 bits per heavy atom. The Kier molecular flexibility index (Phi) is 6.86. The van der Waals surface area contributed by atoms with E-state index >= 15 is 0 Å². The fraction of sp³-hybridized carbons (Fsp3) is 0.0800. The maximum atomic E-state index is 13.2. The van der Waals surface area contributed by atoms with Gasteiger partial charge in [0.2, 0.25) is 0 Å². The number of imide groups is 2. The van der Waals surface area contributed by atoms with Crippen LogP contribution in [0.2, 0.25) is 10.0 Å². The number of barbiturate groups is 1. The second-order valence-corrected chi connectivity index (χ2v) is 8.05. The molecule has 4 rings (SSSR count). The van der Waals surface area contributed by atoms with Gasteiger partial charge >= 0.3 is 6.03 Å². The van der Waals surface area contributed by atoms with Crippen molar-refractivity contribution in [2.45, 2.75) is 6.61 Å². The van der Waals surface area contributed by atoms with Gasteiger partial charge in [0.1, 0.15) is 23.7 Å². The average molecular weight is 497 g/mol. The third-order valence-electron chi connectivity index (χ3n) is 5.02. The zero-order valence-electron chi connectivity index (χ0n) is 17.9. The zero-order chi connectivity index (χ0) is 24.2. The number of carbonyl (C=O) groups excluding carboxylic acids is 3. The van der Waals surface area contributed by atoms with E-state index in [1.54, 1.807) is 18.2 Å². The summed E-state index contributed by atoms with van der Waals surface area (Å²) in [6, 6.07) is 17.9. The van der Waals surface area contributed by atoms with Crippen LogP contribution in [0.5, 0.6) is 11.5 Å². The van der Waals surface area contributed by atoms with E-state index < -0.39 is 17.8 Å². The lowest BCUT2D eigenvalue weighted by Crippen LogP contribution is -2.54. The Morgan fingerprint density at radius 3 is 2.41 bits per heavy atom. The van der Waals surface area contributed by atoms with Gasteiger partial charge in [-0.3, -0.25) is 14.9 Å².